The van der Waals surface area contributed by atoms with Crippen LogP contribution in [0.3, 0.4) is 0 Å². The molecule has 0 fully saturated rings. The molecule has 1 nitrogen and oxygen atoms in total. The van der Waals surface area contributed by atoms with Crippen LogP contribution in [-0.2, 0) is 0 Å². The molecule has 1 unspecified atom stereocenters. The maximum Gasteiger partial charge on any atom is -0.000824 e. The van der Waals surface area contributed by atoms with Crippen LogP contribution < -0.4 is 5.73 Å². The van der Waals surface area contributed by atoms with Crippen LogP contribution >= 0.6 is 0 Å². The molecule has 90 valence electrons. The van der Waals surface area contributed by atoms with Crippen LogP contribution in [0.25, 0.3) is 0 Å². The van der Waals surface area contributed by atoms with E-state index >= 15 is 0 Å². The SMILES string of the molecule is CCCCCCC(CN)c1ccc(C)cc1. The molecule has 0 saturated carbocycles. The summed E-state index contributed by atoms with van der Waals surface area (Å²) in [6, 6.07) is 8.83. The molecule has 0 bridgehead atoms. The molecule has 0 aliphatic rings. The van der Waals surface area contributed by atoms with Crippen molar-refractivity contribution in [1.82, 2.24) is 0 Å². The van der Waals surface area contributed by atoms with Crippen LogP contribution in [0.5, 0.6) is 0 Å². The molecule has 0 aromatic heterocycles. The Hall–Kier alpha value is -0.820. The Kier molecular flexibility index (Phi) is 6.17. The third-order valence-electron chi connectivity index (χ3n) is 3.24. The lowest BCUT2D eigenvalue weighted by Gasteiger charge is -2.15. The summed E-state index contributed by atoms with van der Waals surface area (Å²) < 4.78 is 0. The fourth-order valence-electron chi connectivity index (χ4n) is 2.08. The molecule has 16 heavy (non-hydrogen) atoms. The zero-order valence-corrected chi connectivity index (χ0v) is 10.7. The Morgan fingerprint density at radius 2 is 1.75 bits per heavy atom. The molecule has 1 aromatic rings. The summed E-state index contributed by atoms with van der Waals surface area (Å²) in [7, 11) is 0. The first kappa shape index (κ1) is 13.2. The number of hydrogen-bond donors (Lipinski definition) is 1. The van der Waals surface area contributed by atoms with E-state index in [0.29, 0.717) is 5.92 Å². The molecule has 1 atom stereocenters. The van der Waals surface area contributed by atoms with Gasteiger partial charge in [-0.15, -0.1) is 0 Å². The van der Waals surface area contributed by atoms with Crippen molar-refractivity contribution < 1.29 is 0 Å². The predicted octanol–water partition coefficient (Wildman–Crippen LogP) is 4.01. The first-order valence-corrected chi connectivity index (χ1v) is 6.54. The van der Waals surface area contributed by atoms with Crippen LogP contribution in [0, 0.1) is 6.92 Å². The van der Waals surface area contributed by atoms with Gasteiger partial charge in [0.15, 0.2) is 0 Å². The highest BCUT2D eigenvalue weighted by Gasteiger charge is 2.08. The van der Waals surface area contributed by atoms with E-state index in [1.54, 1.807) is 0 Å². The molecular formula is C15H25N. The minimum absolute atomic E-state index is 0.553. The van der Waals surface area contributed by atoms with Gasteiger partial charge in [0.25, 0.3) is 0 Å². The number of hydrogen-bond acceptors (Lipinski definition) is 1. The van der Waals surface area contributed by atoms with Crippen molar-refractivity contribution in [2.75, 3.05) is 6.54 Å². The van der Waals surface area contributed by atoms with Crippen LogP contribution in [-0.4, -0.2) is 6.54 Å². The van der Waals surface area contributed by atoms with Gasteiger partial charge >= 0.3 is 0 Å². The van der Waals surface area contributed by atoms with Gasteiger partial charge in [0.1, 0.15) is 0 Å². The van der Waals surface area contributed by atoms with Gasteiger partial charge in [-0.3, -0.25) is 0 Å². The van der Waals surface area contributed by atoms with Crippen LogP contribution in [0.4, 0.5) is 0 Å². The molecule has 0 heterocycles. The van der Waals surface area contributed by atoms with Crippen molar-refractivity contribution in [1.29, 1.82) is 0 Å². The summed E-state index contributed by atoms with van der Waals surface area (Å²) >= 11 is 0. The average molecular weight is 219 g/mol. The van der Waals surface area contributed by atoms with Gasteiger partial charge in [0.05, 0.1) is 0 Å². The lowest BCUT2D eigenvalue weighted by atomic mass is 9.92. The molecule has 0 aliphatic heterocycles. The highest BCUT2D eigenvalue weighted by molar-refractivity contribution is 5.24. The van der Waals surface area contributed by atoms with Gasteiger partial charge in [0.2, 0.25) is 0 Å². The molecular weight excluding hydrogens is 194 g/mol. The van der Waals surface area contributed by atoms with Crippen molar-refractivity contribution >= 4 is 0 Å². The Balaban J connectivity index is 2.44. The average Bonchev–Trinajstić information content (AvgIpc) is 2.31. The van der Waals surface area contributed by atoms with E-state index in [9.17, 15) is 0 Å². The fourth-order valence-corrected chi connectivity index (χ4v) is 2.08. The third-order valence-corrected chi connectivity index (χ3v) is 3.24. The number of rotatable bonds is 7. The van der Waals surface area contributed by atoms with E-state index in [2.05, 4.69) is 38.1 Å². The molecule has 0 saturated heterocycles. The van der Waals surface area contributed by atoms with Crippen molar-refractivity contribution in [3.8, 4) is 0 Å². The molecule has 2 N–H and O–H groups in total. The Morgan fingerprint density at radius 1 is 1.06 bits per heavy atom. The summed E-state index contributed by atoms with van der Waals surface area (Å²) in [6.45, 7) is 5.15. The second kappa shape index (κ2) is 7.45. The zero-order valence-electron chi connectivity index (χ0n) is 10.7. The summed E-state index contributed by atoms with van der Waals surface area (Å²) in [5.74, 6) is 0.553. The maximum atomic E-state index is 5.86. The van der Waals surface area contributed by atoms with E-state index in [1.807, 2.05) is 0 Å². The fraction of sp³-hybridized carbons (Fsp3) is 0.600. The third kappa shape index (κ3) is 4.36. The minimum Gasteiger partial charge on any atom is -0.330 e. The number of nitrogens with two attached hydrogens (primary N) is 1. The van der Waals surface area contributed by atoms with Crippen LogP contribution in [0.2, 0.25) is 0 Å². The van der Waals surface area contributed by atoms with E-state index < -0.39 is 0 Å². The number of aryl methyl sites for hydroxylation is 1. The number of benzene rings is 1. The van der Waals surface area contributed by atoms with Gasteiger partial charge in [0, 0.05) is 0 Å². The van der Waals surface area contributed by atoms with E-state index in [1.165, 1.54) is 43.2 Å². The highest BCUT2D eigenvalue weighted by Crippen LogP contribution is 2.21. The second-order valence-corrected chi connectivity index (χ2v) is 4.69. The standard InChI is InChI=1S/C15H25N/c1-3-4-5-6-7-15(12-16)14-10-8-13(2)9-11-14/h8-11,15H,3-7,12,16H2,1-2H3. The Morgan fingerprint density at radius 3 is 2.31 bits per heavy atom. The zero-order chi connectivity index (χ0) is 11.8. The predicted molar refractivity (Wildman–Crippen MR) is 71.7 cm³/mol. The molecule has 1 rings (SSSR count). The molecule has 1 heteroatoms. The van der Waals surface area contributed by atoms with Crippen LogP contribution in [0.15, 0.2) is 24.3 Å². The summed E-state index contributed by atoms with van der Waals surface area (Å²) in [5, 5.41) is 0. The van der Waals surface area contributed by atoms with Crippen LogP contribution in [0.1, 0.15) is 56.1 Å². The van der Waals surface area contributed by atoms with Gasteiger partial charge in [-0.25, -0.2) is 0 Å². The van der Waals surface area contributed by atoms with Gasteiger partial charge < -0.3 is 5.73 Å². The molecule has 0 aliphatic carbocycles. The van der Waals surface area contributed by atoms with Crippen molar-refractivity contribution in [3.05, 3.63) is 35.4 Å². The van der Waals surface area contributed by atoms with Crippen molar-refractivity contribution in [3.63, 3.8) is 0 Å². The molecule has 0 spiro atoms. The number of unbranched alkanes of at least 4 members (excludes halogenated alkanes) is 3. The Labute approximate surface area is 100 Å². The lowest BCUT2D eigenvalue weighted by molar-refractivity contribution is 0.559. The molecule has 0 radical (unpaired) electrons. The summed E-state index contributed by atoms with van der Waals surface area (Å²) in [5.41, 5.74) is 8.59. The van der Waals surface area contributed by atoms with E-state index in [4.69, 9.17) is 5.73 Å². The first-order chi connectivity index (χ1) is 7.77. The van der Waals surface area contributed by atoms with E-state index in [0.717, 1.165) is 6.54 Å². The largest absolute Gasteiger partial charge is 0.330 e. The first-order valence-electron chi connectivity index (χ1n) is 6.54. The van der Waals surface area contributed by atoms with Crippen molar-refractivity contribution in [2.45, 2.75) is 51.9 Å². The Bertz CT molecular complexity index is 276. The molecule has 0 amide bonds. The normalized spacial score (nSPS) is 12.7. The van der Waals surface area contributed by atoms with Gasteiger partial charge in [-0.1, -0.05) is 62.4 Å². The summed E-state index contributed by atoms with van der Waals surface area (Å²) in [6.07, 6.45) is 6.55. The maximum absolute atomic E-state index is 5.86. The monoisotopic (exact) mass is 219 g/mol. The smallest absolute Gasteiger partial charge is 0.000824 e. The van der Waals surface area contributed by atoms with Gasteiger partial charge in [-0.2, -0.15) is 0 Å². The second-order valence-electron chi connectivity index (χ2n) is 4.69. The summed E-state index contributed by atoms with van der Waals surface area (Å²) in [4.78, 5) is 0. The molecule has 1 aromatic carbocycles. The van der Waals surface area contributed by atoms with E-state index in [-0.39, 0.29) is 0 Å². The topological polar surface area (TPSA) is 26.0 Å². The highest BCUT2D eigenvalue weighted by atomic mass is 14.5. The van der Waals surface area contributed by atoms with Crippen molar-refractivity contribution in [2.24, 2.45) is 5.73 Å². The lowest BCUT2D eigenvalue weighted by Crippen LogP contribution is -2.12. The minimum atomic E-state index is 0.553. The van der Waals surface area contributed by atoms with Gasteiger partial charge in [-0.05, 0) is 31.4 Å². The quantitative estimate of drug-likeness (QED) is 0.689.